The molecule has 1 heterocycles. The average molecular weight is 168 g/mol. The second-order valence-corrected chi connectivity index (χ2v) is 4.24. The number of likely N-dealkylation sites (tertiary alicyclic amines) is 1. The van der Waals surface area contributed by atoms with Gasteiger partial charge in [0.15, 0.2) is 0 Å². The Balaban J connectivity index is 2.03. The molecule has 1 atom stereocenters. The van der Waals surface area contributed by atoms with E-state index in [0.29, 0.717) is 5.54 Å². The number of rotatable bonds is 1. The third-order valence-corrected chi connectivity index (χ3v) is 3.48. The molecular formula is C9H16N2O. The summed E-state index contributed by atoms with van der Waals surface area (Å²) in [6.07, 6.45) is 4.47. The van der Waals surface area contributed by atoms with Crippen molar-refractivity contribution in [3.63, 3.8) is 0 Å². The first-order valence-electron chi connectivity index (χ1n) is 4.65. The zero-order chi connectivity index (χ0) is 8.77. The van der Waals surface area contributed by atoms with Crippen molar-refractivity contribution < 1.29 is 4.79 Å². The van der Waals surface area contributed by atoms with Crippen molar-refractivity contribution >= 4 is 5.91 Å². The number of carbonyl (C=O) groups excluding carboxylic acids is 1. The lowest BCUT2D eigenvalue weighted by atomic mass is 9.89. The monoisotopic (exact) mass is 168 g/mol. The Labute approximate surface area is 72.9 Å². The first-order valence-corrected chi connectivity index (χ1v) is 4.65. The van der Waals surface area contributed by atoms with Crippen LogP contribution in [0, 0.1) is 5.92 Å². The van der Waals surface area contributed by atoms with Crippen molar-refractivity contribution in [3.8, 4) is 0 Å². The van der Waals surface area contributed by atoms with Crippen LogP contribution in [0.2, 0.25) is 0 Å². The minimum atomic E-state index is -0.102. The van der Waals surface area contributed by atoms with E-state index in [4.69, 9.17) is 5.73 Å². The van der Waals surface area contributed by atoms with Crippen LogP contribution in [0.5, 0.6) is 0 Å². The molecule has 68 valence electrons. The highest BCUT2D eigenvalue weighted by Gasteiger charge is 2.50. The summed E-state index contributed by atoms with van der Waals surface area (Å²) < 4.78 is 0. The van der Waals surface area contributed by atoms with Crippen molar-refractivity contribution in [2.75, 3.05) is 13.6 Å². The summed E-state index contributed by atoms with van der Waals surface area (Å²) in [7, 11) is 2.16. The zero-order valence-corrected chi connectivity index (χ0v) is 7.55. The van der Waals surface area contributed by atoms with E-state index in [0.717, 1.165) is 19.4 Å². The summed E-state index contributed by atoms with van der Waals surface area (Å²) in [6, 6.07) is 0. The number of nitrogens with zero attached hydrogens (tertiary/aromatic N) is 1. The molecule has 2 aliphatic rings. The van der Waals surface area contributed by atoms with Crippen LogP contribution < -0.4 is 5.73 Å². The quantitative estimate of drug-likeness (QED) is 0.614. The molecule has 3 heteroatoms. The molecule has 0 aromatic rings. The number of hydrogen-bond donors (Lipinski definition) is 1. The van der Waals surface area contributed by atoms with Crippen molar-refractivity contribution in [1.82, 2.24) is 4.90 Å². The summed E-state index contributed by atoms with van der Waals surface area (Å²) in [4.78, 5) is 13.4. The van der Waals surface area contributed by atoms with Gasteiger partial charge in [-0.2, -0.15) is 0 Å². The van der Waals surface area contributed by atoms with Gasteiger partial charge in [-0.3, -0.25) is 4.79 Å². The predicted octanol–water partition coefficient (Wildman–Crippen LogP) is 0.346. The average Bonchev–Trinajstić information content (AvgIpc) is 2.76. The van der Waals surface area contributed by atoms with E-state index >= 15 is 0 Å². The van der Waals surface area contributed by atoms with E-state index in [9.17, 15) is 4.79 Å². The van der Waals surface area contributed by atoms with Crippen LogP contribution in [0.25, 0.3) is 0 Å². The molecule has 1 saturated carbocycles. The molecule has 2 rings (SSSR count). The summed E-state index contributed by atoms with van der Waals surface area (Å²) in [5.74, 6) is 0.0399. The first kappa shape index (κ1) is 8.05. The highest BCUT2D eigenvalue weighted by Crippen LogP contribution is 2.48. The van der Waals surface area contributed by atoms with Crippen molar-refractivity contribution in [2.45, 2.75) is 31.2 Å². The Morgan fingerprint density at radius 1 is 1.58 bits per heavy atom. The van der Waals surface area contributed by atoms with Crippen LogP contribution in [-0.4, -0.2) is 29.9 Å². The number of nitrogens with two attached hydrogens (primary N) is 1. The van der Waals surface area contributed by atoms with Crippen LogP contribution in [0.15, 0.2) is 0 Å². The third kappa shape index (κ3) is 1.12. The van der Waals surface area contributed by atoms with Crippen LogP contribution >= 0.6 is 0 Å². The lowest BCUT2D eigenvalue weighted by Gasteiger charge is -2.36. The Bertz CT molecular complexity index is 211. The van der Waals surface area contributed by atoms with Gasteiger partial charge in [-0.1, -0.05) is 0 Å². The molecule has 1 saturated heterocycles. The SMILES string of the molecule is CN1CCC(C(N)=O)CC12CC2. The molecule has 0 aromatic carbocycles. The Hall–Kier alpha value is -0.570. The number of amides is 1. The molecule has 0 aromatic heterocycles. The smallest absolute Gasteiger partial charge is 0.220 e. The molecule has 1 unspecified atom stereocenters. The third-order valence-electron chi connectivity index (χ3n) is 3.48. The van der Waals surface area contributed by atoms with Crippen molar-refractivity contribution in [2.24, 2.45) is 11.7 Å². The highest BCUT2D eigenvalue weighted by molar-refractivity contribution is 5.77. The summed E-state index contributed by atoms with van der Waals surface area (Å²) >= 11 is 0. The maximum atomic E-state index is 11.0. The van der Waals surface area contributed by atoms with Crippen LogP contribution in [0.3, 0.4) is 0 Å². The molecule has 12 heavy (non-hydrogen) atoms. The fourth-order valence-corrected chi connectivity index (χ4v) is 2.28. The maximum absolute atomic E-state index is 11.0. The van der Waals surface area contributed by atoms with Gasteiger partial charge in [0.25, 0.3) is 0 Å². The second-order valence-electron chi connectivity index (χ2n) is 4.24. The fraction of sp³-hybridized carbons (Fsp3) is 0.889. The number of primary amides is 1. The normalized spacial score (nSPS) is 33.6. The fourth-order valence-electron chi connectivity index (χ4n) is 2.28. The van der Waals surface area contributed by atoms with E-state index in [1.165, 1.54) is 12.8 Å². The summed E-state index contributed by atoms with van der Waals surface area (Å²) in [5, 5.41) is 0. The lowest BCUT2D eigenvalue weighted by Crippen LogP contribution is -2.45. The number of carbonyl (C=O) groups is 1. The van der Waals surface area contributed by atoms with Gasteiger partial charge in [-0.05, 0) is 39.3 Å². The molecule has 0 bridgehead atoms. The molecule has 2 N–H and O–H groups in total. The van der Waals surface area contributed by atoms with E-state index in [-0.39, 0.29) is 11.8 Å². The van der Waals surface area contributed by atoms with E-state index in [2.05, 4.69) is 11.9 Å². The predicted molar refractivity (Wildman–Crippen MR) is 46.5 cm³/mol. The van der Waals surface area contributed by atoms with Crippen LogP contribution in [0.1, 0.15) is 25.7 Å². The topological polar surface area (TPSA) is 46.3 Å². The minimum Gasteiger partial charge on any atom is -0.369 e. The Kier molecular flexibility index (Phi) is 1.65. The number of hydrogen-bond acceptors (Lipinski definition) is 2. The molecule has 0 radical (unpaired) electrons. The van der Waals surface area contributed by atoms with Gasteiger partial charge in [0, 0.05) is 11.5 Å². The first-order chi connectivity index (χ1) is 5.64. The van der Waals surface area contributed by atoms with E-state index in [1.807, 2.05) is 0 Å². The van der Waals surface area contributed by atoms with Crippen molar-refractivity contribution in [3.05, 3.63) is 0 Å². The Morgan fingerprint density at radius 3 is 2.75 bits per heavy atom. The molecule has 1 aliphatic carbocycles. The second kappa shape index (κ2) is 2.46. The van der Waals surface area contributed by atoms with Gasteiger partial charge in [0.2, 0.25) is 5.91 Å². The lowest BCUT2D eigenvalue weighted by molar-refractivity contribution is -0.124. The Morgan fingerprint density at radius 2 is 2.25 bits per heavy atom. The molecule has 1 spiro atoms. The van der Waals surface area contributed by atoms with Gasteiger partial charge in [-0.15, -0.1) is 0 Å². The molecular weight excluding hydrogens is 152 g/mol. The molecule has 2 fully saturated rings. The largest absolute Gasteiger partial charge is 0.369 e. The van der Waals surface area contributed by atoms with E-state index < -0.39 is 0 Å². The van der Waals surface area contributed by atoms with E-state index in [1.54, 1.807) is 0 Å². The molecule has 1 aliphatic heterocycles. The van der Waals surface area contributed by atoms with Crippen molar-refractivity contribution in [1.29, 1.82) is 0 Å². The van der Waals surface area contributed by atoms with Gasteiger partial charge < -0.3 is 10.6 Å². The maximum Gasteiger partial charge on any atom is 0.220 e. The summed E-state index contributed by atoms with van der Waals surface area (Å²) in [6.45, 7) is 1.04. The number of piperidine rings is 1. The van der Waals surface area contributed by atoms with Gasteiger partial charge >= 0.3 is 0 Å². The zero-order valence-electron chi connectivity index (χ0n) is 7.55. The van der Waals surface area contributed by atoms with Crippen LogP contribution in [-0.2, 0) is 4.79 Å². The van der Waals surface area contributed by atoms with Gasteiger partial charge in [0.1, 0.15) is 0 Å². The molecule has 1 amide bonds. The van der Waals surface area contributed by atoms with Crippen LogP contribution in [0.4, 0.5) is 0 Å². The molecule has 3 nitrogen and oxygen atoms in total. The summed E-state index contributed by atoms with van der Waals surface area (Å²) in [5.41, 5.74) is 5.68. The van der Waals surface area contributed by atoms with Gasteiger partial charge in [-0.25, -0.2) is 0 Å². The minimum absolute atomic E-state index is 0.102. The van der Waals surface area contributed by atoms with Gasteiger partial charge in [0.05, 0.1) is 0 Å². The standard InChI is InChI=1S/C9H16N2O/c1-11-5-2-7(8(10)12)6-9(11)3-4-9/h7H,2-6H2,1H3,(H2,10,12). The highest BCUT2D eigenvalue weighted by atomic mass is 16.1.